The van der Waals surface area contributed by atoms with E-state index in [1.807, 2.05) is 0 Å². The van der Waals surface area contributed by atoms with Crippen molar-refractivity contribution in [3.05, 3.63) is 142 Å². The summed E-state index contributed by atoms with van der Waals surface area (Å²) in [4.78, 5) is 0. The van der Waals surface area contributed by atoms with Crippen LogP contribution in [0.4, 0.5) is 0 Å². The molecule has 1 aliphatic heterocycles. The van der Waals surface area contributed by atoms with Crippen LogP contribution in [0.15, 0.2) is 120 Å². The van der Waals surface area contributed by atoms with Crippen LogP contribution >= 0.6 is 15.9 Å². The highest BCUT2D eigenvalue weighted by Crippen LogP contribution is 2.62. The van der Waals surface area contributed by atoms with Gasteiger partial charge in [0.05, 0.1) is 5.41 Å². The van der Waals surface area contributed by atoms with Crippen LogP contribution in [0, 0.1) is 0 Å². The van der Waals surface area contributed by atoms with E-state index < -0.39 is 5.41 Å². The van der Waals surface area contributed by atoms with Crippen LogP contribution in [0.3, 0.4) is 0 Å². The van der Waals surface area contributed by atoms with Crippen molar-refractivity contribution in [2.24, 2.45) is 0 Å². The van der Waals surface area contributed by atoms with Crippen LogP contribution in [0.1, 0.15) is 22.3 Å². The summed E-state index contributed by atoms with van der Waals surface area (Å²) in [6.07, 6.45) is 0. The van der Waals surface area contributed by atoms with Gasteiger partial charge in [0.25, 0.3) is 0 Å². The summed E-state index contributed by atoms with van der Waals surface area (Å²) >= 11 is 3.76. The van der Waals surface area contributed by atoms with Crippen LogP contribution in [-0.2, 0) is 5.41 Å². The summed E-state index contributed by atoms with van der Waals surface area (Å²) < 4.78 is 7.59. The Bertz CT molecular complexity index is 1550. The molecule has 0 amide bonds. The van der Waals surface area contributed by atoms with Crippen LogP contribution in [0.5, 0.6) is 11.5 Å². The molecule has 156 valence electrons. The lowest BCUT2D eigenvalue weighted by Gasteiger charge is -2.39. The van der Waals surface area contributed by atoms with E-state index >= 15 is 0 Å². The Kier molecular flexibility index (Phi) is 3.97. The standard InChI is InChI=1S/C31H19BrO/c32-22-15-16-24-23-10-4-5-11-25(23)31(27(24)19-22)26-12-6-7-13-29(26)33-30-17-14-21(18-28(30)31)20-8-2-1-3-9-20/h1-19H. The molecule has 1 aliphatic carbocycles. The third-order valence-electron chi connectivity index (χ3n) is 7.01. The number of rotatable bonds is 1. The summed E-state index contributed by atoms with van der Waals surface area (Å²) in [6.45, 7) is 0. The predicted octanol–water partition coefficient (Wildman–Crippen LogP) is 8.58. The molecule has 0 saturated heterocycles. The molecule has 1 heterocycles. The van der Waals surface area contributed by atoms with Crippen molar-refractivity contribution in [2.45, 2.75) is 5.41 Å². The molecule has 2 heteroatoms. The van der Waals surface area contributed by atoms with E-state index in [9.17, 15) is 0 Å². The Hall–Kier alpha value is -3.62. The zero-order valence-electron chi connectivity index (χ0n) is 17.8. The van der Waals surface area contributed by atoms with Gasteiger partial charge in [-0.1, -0.05) is 101 Å². The van der Waals surface area contributed by atoms with Crippen LogP contribution < -0.4 is 4.74 Å². The second-order valence-corrected chi connectivity index (χ2v) is 9.58. The van der Waals surface area contributed by atoms with Gasteiger partial charge in [0.1, 0.15) is 11.5 Å². The lowest BCUT2D eigenvalue weighted by Crippen LogP contribution is -2.32. The summed E-state index contributed by atoms with van der Waals surface area (Å²) in [5, 5.41) is 0. The Morgan fingerprint density at radius 2 is 1.18 bits per heavy atom. The van der Waals surface area contributed by atoms with E-state index in [0.29, 0.717) is 0 Å². The second kappa shape index (κ2) is 6.94. The smallest absolute Gasteiger partial charge is 0.132 e. The molecule has 0 fully saturated rings. The van der Waals surface area contributed by atoms with Crippen molar-refractivity contribution in [1.82, 2.24) is 0 Å². The lowest BCUT2D eigenvalue weighted by molar-refractivity contribution is 0.436. The Balaban J connectivity index is 1.65. The molecule has 0 radical (unpaired) electrons. The molecule has 1 spiro atoms. The number of fused-ring (bicyclic) bond motifs is 9. The second-order valence-electron chi connectivity index (χ2n) is 8.66. The van der Waals surface area contributed by atoms with Crippen LogP contribution in [0.2, 0.25) is 0 Å². The largest absolute Gasteiger partial charge is 0.457 e. The van der Waals surface area contributed by atoms with Gasteiger partial charge in [-0.15, -0.1) is 0 Å². The fraction of sp³-hybridized carbons (Fsp3) is 0.0323. The van der Waals surface area contributed by atoms with Crippen molar-refractivity contribution in [2.75, 3.05) is 0 Å². The third-order valence-corrected chi connectivity index (χ3v) is 7.50. The van der Waals surface area contributed by atoms with Gasteiger partial charge in [0.2, 0.25) is 0 Å². The highest BCUT2D eigenvalue weighted by molar-refractivity contribution is 9.10. The molecule has 33 heavy (non-hydrogen) atoms. The topological polar surface area (TPSA) is 9.23 Å². The van der Waals surface area contributed by atoms with Gasteiger partial charge < -0.3 is 4.74 Å². The summed E-state index contributed by atoms with van der Waals surface area (Å²) in [5.41, 5.74) is 9.49. The number of para-hydroxylation sites is 1. The zero-order chi connectivity index (χ0) is 22.0. The molecule has 0 bridgehead atoms. The molecule has 2 aliphatic rings. The maximum Gasteiger partial charge on any atom is 0.132 e. The van der Waals surface area contributed by atoms with E-state index in [1.54, 1.807) is 0 Å². The molecule has 0 N–H and O–H groups in total. The summed E-state index contributed by atoms with van der Waals surface area (Å²) in [7, 11) is 0. The SMILES string of the molecule is Brc1ccc2c(c1)C1(c3ccccc3Oc3ccc(-c4ccccc4)cc31)c1ccccc1-2. The first-order chi connectivity index (χ1) is 16.3. The highest BCUT2D eigenvalue weighted by atomic mass is 79.9. The van der Waals surface area contributed by atoms with E-state index in [4.69, 9.17) is 4.74 Å². The first-order valence-corrected chi connectivity index (χ1v) is 11.9. The molecule has 1 unspecified atom stereocenters. The third kappa shape index (κ3) is 2.53. The summed E-state index contributed by atoms with van der Waals surface area (Å²) in [6, 6.07) is 41.2. The van der Waals surface area contributed by atoms with Crippen LogP contribution in [0.25, 0.3) is 22.3 Å². The van der Waals surface area contributed by atoms with E-state index in [0.717, 1.165) is 16.0 Å². The van der Waals surface area contributed by atoms with Gasteiger partial charge in [0, 0.05) is 15.6 Å². The monoisotopic (exact) mass is 486 g/mol. The molecule has 7 rings (SSSR count). The molecule has 5 aromatic rings. The Morgan fingerprint density at radius 3 is 2.06 bits per heavy atom. The molecule has 1 nitrogen and oxygen atoms in total. The first kappa shape index (κ1) is 18.9. The Labute approximate surface area is 201 Å². The summed E-state index contributed by atoms with van der Waals surface area (Å²) in [5.74, 6) is 1.83. The number of hydrogen-bond donors (Lipinski definition) is 0. The predicted molar refractivity (Wildman–Crippen MR) is 137 cm³/mol. The van der Waals surface area contributed by atoms with Gasteiger partial charge in [-0.3, -0.25) is 0 Å². The maximum absolute atomic E-state index is 6.50. The van der Waals surface area contributed by atoms with Gasteiger partial charge >= 0.3 is 0 Å². The molecular formula is C31H19BrO. The van der Waals surface area contributed by atoms with E-state index in [-0.39, 0.29) is 0 Å². The first-order valence-electron chi connectivity index (χ1n) is 11.1. The Morgan fingerprint density at radius 1 is 0.485 bits per heavy atom. The van der Waals surface area contributed by atoms with Gasteiger partial charge in [-0.05, 0) is 63.7 Å². The quantitative estimate of drug-likeness (QED) is 0.225. The molecular weight excluding hydrogens is 468 g/mol. The van der Waals surface area contributed by atoms with Gasteiger partial charge in [0.15, 0.2) is 0 Å². The highest BCUT2D eigenvalue weighted by Gasteiger charge is 2.51. The van der Waals surface area contributed by atoms with Crippen molar-refractivity contribution in [3.63, 3.8) is 0 Å². The maximum atomic E-state index is 6.50. The molecule has 5 aromatic carbocycles. The van der Waals surface area contributed by atoms with Crippen molar-refractivity contribution in [3.8, 4) is 33.8 Å². The van der Waals surface area contributed by atoms with Crippen molar-refractivity contribution >= 4 is 15.9 Å². The number of hydrogen-bond acceptors (Lipinski definition) is 1. The van der Waals surface area contributed by atoms with Crippen LogP contribution in [-0.4, -0.2) is 0 Å². The minimum absolute atomic E-state index is 0.440. The minimum atomic E-state index is -0.440. The number of halogens is 1. The number of benzene rings is 5. The molecule has 0 saturated carbocycles. The normalized spacial score (nSPS) is 17.0. The molecule has 0 aromatic heterocycles. The lowest BCUT2D eigenvalue weighted by atomic mass is 9.66. The van der Waals surface area contributed by atoms with E-state index in [1.165, 1.54) is 44.5 Å². The average Bonchev–Trinajstić information content (AvgIpc) is 3.15. The average molecular weight is 487 g/mol. The fourth-order valence-electron chi connectivity index (χ4n) is 5.68. The van der Waals surface area contributed by atoms with Gasteiger partial charge in [-0.25, -0.2) is 0 Å². The zero-order valence-corrected chi connectivity index (χ0v) is 19.3. The van der Waals surface area contributed by atoms with E-state index in [2.05, 4.69) is 131 Å². The minimum Gasteiger partial charge on any atom is -0.457 e. The van der Waals surface area contributed by atoms with Crippen molar-refractivity contribution < 1.29 is 4.74 Å². The number of ether oxygens (including phenoxy) is 1. The fourth-order valence-corrected chi connectivity index (χ4v) is 6.04. The van der Waals surface area contributed by atoms with Crippen molar-refractivity contribution in [1.29, 1.82) is 0 Å². The molecule has 1 atom stereocenters. The van der Waals surface area contributed by atoms with Gasteiger partial charge in [-0.2, -0.15) is 0 Å².